The number of halogens is 2. The van der Waals surface area contributed by atoms with Crippen molar-refractivity contribution in [2.24, 2.45) is 0 Å². The van der Waals surface area contributed by atoms with Crippen molar-refractivity contribution in [3.05, 3.63) is 33.3 Å². The van der Waals surface area contributed by atoms with Crippen molar-refractivity contribution in [1.82, 2.24) is 0 Å². The first-order valence-corrected chi connectivity index (χ1v) is 8.42. The van der Waals surface area contributed by atoms with Crippen LogP contribution in [0.5, 0.6) is 0 Å². The number of unbranched alkanes of at least 4 members (excludes halogenated alkanes) is 5. The molecule has 0 fully saturated rings. The maximum Gasteiger partial charge on any atom is 0.0581 e. The summed E-state index contributed by atoms with van der Waals surface area (Å²) in [5.74, 6) is 0. The Balaban J connectivity index is 2.21. The van der Waals surface area contributed by atoms with Crippen LogP contribution in [0.4, 0.5) is 0 Å². The van der Waals surface area contributed by atoms with Gasteiger partial charge in [0.05, 0.1) is 6.10 Å². The number of hydrogen-bond acceptors (Lipinski definition) is 1. The first kappa shape index (κ1) is 17.0. The lowest BCUT2D eigenvalue weighted by Crippen LogP contribution is -2.10. The van der Waals surface area contributed by atoms with Gasteiger partial charge in [-0.1, -0.05) is 79.0 Å². The molecule has 3 heteroatoms. The summed E-state index contributed by atoms with van der Waals surface area (Å²) < 4.78 is 0.978. The molecule has 1 N–H and O–H groups in total. The third-order valence-electron chi connectivity index (χ3n) is 3.36. The molecule has 0 saturated carbocycles. The average Bonchev–Trinajstić information content (AvgIpc) is 2.37. The molecule has 0 heterocycles. The Kier molecular flexibility index (Phi) is 8.76. The van der Waals surface area contributed by atoms with Crippen LogP contribution in [0.2, 0.25) is 5.02 Å². The molecule has 0 bridgehead atoms. The summed E-state index contributed by atoms with van der Waals surface area (Å²) in [6.07, 6.45) is 8.82. The van der Waals surface area contributed by atoms with E-state index in [1.807, 2.05) is 18.2 Å². The maximum atomic E-state index is 10.0. The van der Waals surface area contributed by atoms with E-state index in [0.29, 0.717) is 6.42 Å². The molecule has 1 aromatic rings. The largest absolute Gasteiger partial charge is 0.393 e. The molecule has 1 atom stereocenters. The highest BCUT2D eigenvalue weighted by Crippen LogP contribution is 2.23. The fourth-order valence-electron chi connectivity index (χ4n) is 2.20. The zero-order valence-corrected chi connectivity index (χ0v) is 14.0. The Morgan fingerprint density at radius 2 is 1.84 bits per heavy atom. The van der Waals surface area contributed by atoms with Gasteiger partial charge in [0.1, 0.15) is 0 Å². The molecule has 1 nitrogen and oxygen atoms in total. The number of rotatable bonds is 9. The summed E-state index contributed by atoms with van der Waals surface area (Å²) >= 11 is 9.54. The summed E-state index contributed by atoms with van der Waals surface area (Å²) in [6.45, 7) is 2.23. The second-order valence-corrected chi connectivity index (χ2v) is 6.47. The Bertz CT molecular complexity index is 368. The summed E-state index contributed by atoms with van der Waals surface area (Å²) in [5, 5.41) is 10.8. The van der Waals surface area contributed by atoms with Crippen molar-refractivity contribution in [2.75, 3.05) is 0 Å². The lowest BCUT2D eigenvalue weighted by Gasteiger charge is -2.12. The third-order valence-corrected chi connectivity index (χ3v) is 4.21. The molecule has 0 amide bonds. The molecule has 0 aliphatic rings. The number of aliphatic hydroxyl groups is 1. The van der Waals surface area contributed by atoms with Crippen LogP contribution in [-0.4, -0.2) is 11.2 Å². The highest BCUT2D eigenvalue weighted by atomic mass is 79.9. The van der Waals surface area contributed by atoms with Crippen molar-refractivity contribution in [3.8, 4) is 0 Å². The van der Waals surface area contributed by atoms with Gasteiger partial charge >= 0.3 is 0 Å². The Morgan fingerprint density at radius 1 is 1.16 bits per heavy atom. The molecule has 0 spiro atoms. The van der Waals surface area contributed by atoms with Gasteiger partial charge in [0.25, 0.3) is 0 Å². The Hall–Kier alpha value is -0.0500. The van der Waals surface area contributed by atoms with Gasteiger partial charge in [-0.25, -0.2) is 0 Å². The van der Waals surface area contributed by atoms with Gasteiger partial charge in [-0.2, -0.15) is 0 Å². The highest BCUT2D eigenvalue weighted by Gasteiger charge is 2.08. The molecule has 19 heavy (non-hydrogen) atoms. The second-order valence-electron chi connectivity index (χ2n) is 5.15. The molecule has 1 aromatic carbocycles. The minimum atomic E-state index is -0.273. The van der Waals surface area contributed by atoms with E-state index < -0.39 is 0 Å². The smallest absolute Gasteiger partial charge is 0.0581 e. The van der Waals surface area contributed by atoms with E-state index in [0.717, 1.165) is 27.9 Å². The topological polar surface area (TPSA) is 20.2 Å². The molecular formula is C16H24BrClO. The summed E-state index contributed by atoms with van der Waals surface area (Å²) in [5.41, 5.74) is 1.03. The zero-order valence-electron chi connectivity index (χ0n) is 11.7. The van der Waals surface area contributed by atoms with Crippen LogP contribution in [-0.2, 0) is 6.42 Å². The number of aliphatic hydroxyl groups excluding tert-OH is 1. The van der Waals surface area contributed by atoms with E-state index in [4.69, 9.17) is 11.6 Å². The van der Waals surface area contributed by atoms with Gasteiger partial charge < -0.3 is 5.11 Å². The number of benzene rings is 1. The molecule has 0 aromatic heterocycles. The quantitative estimate of drug-likeness (QED) is 0.563. The highest BCUT2D eigenvalue weighted by molar-refractivity contribution is 9.10. The van der Waals surface area contributed by atoms with Crippen molar-refractivity contribution < 1.29 is 5.11 Å². The molecule has 0 saturated heterocycles. The predicted octanol–water partition coefficient (Wildman–Crippen LogP) is 5.76. The van der Waals surface area contributed by atoms with Crippen molar-refractivity contribution in [1.29, 1.82) is 0 Å². The SMILES string of the molecule is CCCCCCCCC(O)Cc1ccc(Br)cc1Cl. The van der Waals surface area contributed by atoms with Crippen molar-refractivity contribution in [2.45, 2.75) is 64.4 Å². The van der Waals surface area contributed by atoms with E-state index in [1.54, 1.807) is 0 Å². The predicted molar refractivity (Wildman–Crippen MR) is 86.9 cm³/mol. The van der Waals surface area contributed by atoms with E-state index in [-0.39, 0.29) is 6.10 Å². The normalized spacial score (nSPS) is 12.6. The van der Waals surface area contributed by atoms with E-state index in [2.05, 4.69) is 22.9 Å². The Morgan fingerprint density at radius 3 is 2.53 bits per heavy atom. The van der Waals surface area contributed by atoms with E-state index in [9.17, 15) is 5.11 Å². The molecule has 108 valence electrons. The average molecular weight is 348 g/mol. The number of hydrogen-bond donors (Lipinski definition) is 1. The summed E-state index contributed by atoms with van der Waals surface area (Å²) in [4.78, 5) is 0. The van der Waals surface area contributed by atoms with Gasteiger partial charge in [-0.15, -0.1) is 0 Å². The van der Waals surface area contributed by atoms with Crippen LogP contribution < -0.4 is 0 Å². The standard InChI is InChI=1S/C16H24BrClO/c1-2-3-4-5-6-7-8-15(19)11-13-9-10-14(17)12-16(13)18/h9-10,12,15,19H,2-8,11H2,1H3. The molecule has 0 radical (unpaired) electrons. The minimum Gasteiger partial charge on any atom is -0.393 e. The molecule has 0 aliphatic carbocycles. The summed E-state index contributed by atoms with van der Waals surface area (Å²) in [7, 11) is 0. The first-order valence-electron chi connectivity index (χ1n) is 7.25. The molecular weight excluding hydrogens is 324 g/mol. The monoisotopic (exact) mass is 346 g/mol. The van der Waals surface area contributed by atoms with Crippen LogP contribution in [0.15, 0.2) is 22.7 Å². The molecule has 1 unspecified atom stereocenters. The fourth-order valence-corrected chi connectivity index (χ4v) is 2.95. The van der Waals surface area contributed by atoms with Gasteiger partial charge in [-0.05, 0) is 30.5 Å². The Labute approximate surface area is 130 Å². The van der Waals surface area contributed by atoms with Gasteiger partial charge in [0.2, 0.25) is 0 Å². The van der Waals surface area contributed by atoms with Crippen LogP contribution in [0.1, 0.15) is 57.4 Å². The lowest BCUT2D eigenvalue weighted by atomic mass is 10.0. The van der Waals surface area contributed by atoms with E-state index >= 15 is 0 Å². The second kappa shape index (κ2) is 9.79. The first-order chi connectivity index (χ1) is 9.13. The maximum absolute atomic E-state index is 10.0. The fraction of sp³-hybridized carbons (Fsp3) is 0.625. The van der Waals surface area contributed by atoms with E-state index in [1.165, 1.54) is 32.1 Å². The van der Waals surface area contributed by atoms with Gasteiger partial charge in [0, 0.05) is 9.50 Å². The molecule has 1 rings (SSSR count). The minimum absolute atomic E-state index is 0.273. The zero-order chi connectivity index (χ0) is 14.1. The third kappa shape index (κ3) is 7.34. The van der Waals surface area contributed by atoms with Gasteiger partial charge in [0.15, 0.2) is 0 Å². The van der Waals surface area contributed by atoms with Crippen LogP contribution in [0.25, 0.3) is 0 Å². The van der Waals surface area contributed by atoms with Crippen LogP contribution >= 0.6 is 27.5 Å². The lowest BCUT2D eigenvalue weighted by molar-refractivity contribution is 0.161. The molecule has 0 aliphatic heterocycles. The van der Waals surface area contributed by atoms with Crippen LogP contribution in [0, 0.1) is 0 Å². The van der Waals surface area contributed by atoms with Crippen molar-refractivity contribution in [3.63, 3.8) is 0 Å². The van der Waals surface area contributed by atoms with Crippen molar-refractivity contribution >= 4 is 27.5 Å². The van der Waals surface area contributed by atoms with Crippen LogP contribution in [0.3, 0.4) is 0 Å². The summed E-state index contributed by atoms with van der Waals surface area (Å²) in [6, 6.07) is 5.84. The van der Waals surface area contributed by atoms with Gasteiger partial charge in [-0.3, -0.25) is 0 Å².